The molecule has 4 aromatic carbocycles. The molecule has 7 heteroatoms. The summed E-state index contributed by atoms with van der Waals surface area (Å²) in [6, 6.07) is 32.7. The van der Waals surface area contributed by atoms with Gasteiger partial charge in [-0.2, -0.15) is 0 Å². The van der Waals surface area contributed by atoms with Gasteiger partial charge in [0.25, 0.3) is 0 Å². The first-order valence-electron chi connectivity index (χ1n) is 17.2. The minimum absolute atomic E-state index is 0.0140. The van der Waals surface area contributed by atoms with Gasteiger partial charge >= 0.3 is 198 Å². The van der Waals surface area contributed by atoms with Crippen molar-refractivity contribution in [2.24, 2.45) is 6.98 Å². The van der Waals surface area contributed by atoms with E-state index in [1.807, 2.05) is 59.3 Å². The molecule has 240 valence electrons. The van der Waals surface area contributed by atoms with Crippen molar-refractivity contribution < 1.29 is 32.9 Å². The molecule has 0 bridgehead atoms. The van der Waals surface area contributed by atoms with Crippen molar-refractivity contribution in [3.05, 3.63) is 112 Å². The fraction of sp³-hybridized carbons (Fsp3) is 0.250. The summed E-state index contributed by atoms with van der Waals surface area (Å²) in [4.78, 5) is 4.86. The number of para-hydroxylation sites is 2. The number of fused-ring (bicyclic) bond motifs is 5. The van der Waals surface area contributed by atoms with Crippen LogP contribution in [-0.2, 0) is 37.2 Å². The van der Waals surface area contributed by atoms with Gasteiger partial charge in [-0.25, -0.2) is 0 Å². The Bertz CT molecular complexity index is 2540. The van der Waals surface area contributed by atoms with Crippen LogP contribution in [0.15, 0.2) is 85.1 Å². The number of rotatable bonds is 4. The number of imidazole rings is 1. The fourth-order valence-corrected chi connectivity index (χ4v) is 7.37. The van der Waals surface area contributed by atoms with E-state index in [-0.39, 0.29) is 10.8 Å². The monoisotopic (exact) mass is 802 g/mol. The van der Waals surface area contributed by atoms with Gasteiger partial charge in [0.2, 0.25) is 0 Å². The van der Waals surface area contributed by atoms with Crippen LogP contribution in [0.4, 0.5) is 0 Å². The predicted octanol–water partition coefficient (Wildman–Crippen LogP) is 9.29. The molecule has 0 radical (unpaired) electrons. The van der Waals surface area contributed by atoms with E-state index in [0.29, 0.717) is 33.1 Å². The standard InChI is InChI=1S/C40H36N4O2.Pt/c1-39(2,3)26-16-18-41-38(20-26)44-35-22-29(14-15-30(35)31-23-32-37(24-36(31)44)45-19-17-40(32,4)5)46-28-11-9-10-27(21-28)43-25-42(6)33-12-7-8-13-34(33)43;/h7-16,18,20,23-24H,17,19H2,1-6H3;/q-2;/i6D3;. The third kappa shape index (κ3) is 4.96. The van der Waals surface area contributed by atoms with Crippen LogP contribution in [0.5, 0.6) is 17.2 Å². The van der Waals surface area contributed by atoms with E-state index in [1.54, 1.807) is 0 Å². The maximum atomic E-state index is 8.18. The van der Waals surface area contributed by atoms with Crippen molar-refractivity contribution in [2.75, 3.05) is 6.61 Å². The average molecular weight is 803 g/mol. The summed E-state index contributed by atoms with van der Waals surface area (Å²) in [5.41, 5.74) is 6.18. The summed E-state index contributed by atoms with van der Waals surface area (Å²) < 4.78 is 43.2. The molecular formula is C40H36N4O2Pt-2. The van der Waals surface area contributed by atoms with Crippen molar-refractivity contribution in [1.82, 2.24) is 18.7 Å². The summed E-state index contributed by atoms with van der Waals surface area (Å²) in [5.74, 6) is 2.70. The normalized spacial score (nSPS) is 15.7. The Kier molecular flexibility index (Phi) is 6.13. The summed E-state index contributed by atoms with van der Waals surface area (Å²) in [7, 11) is 0. The second-order valence-electron chi connectivity index (χ2n) is 13.8. The van der Waals surface area contributed by atoms with E-state index in [0.717, 1.165) is 45.3 Å². The van der Waals surface area contributed by atoms with Crippen LogP contribution in [0.2, 0.25) is 0 Å². The Labute approximate surface area is 289 Å². The predicted molar refractivity (Wildman–Crippen MR) is 184 cm³/mol. The maximum absolute atomic E-state index is 8.18. The second kappa shape index (κ2) is 10.8. The van der Waals surface area contributed by atoms with Crippen LogP contribution in [0.25, 0.3) is 44.3 Å². The molecule has 4 heterocycles. The molecule has 0 aliphatic carbocycles. The zero-order chi connectivity index (χ0) is 35.2. The van der Waals surface area contributed by atoms with Gasteiger partial charge in [0.1, 0.15) is 5.75 Å². The molecule has 0 fully saturated rings. The Balaban J connectivity index is 1.28. The number of benzene rings is 4. The molecule has 6 nitrogen and oxygen atoms in total. The molecule has 1 aliphatic heterocycles. The first-order valence-corrected chi connectivity index (χ1v) is 16.9. The summed E-state index contributed by atoms with van der Waals surface area (Å²) in [6.07, 6.45) is 2.82. The van der Waals surface area contributed by atoms with Crippen LogP contribution < -0.4 is 9.47 Å². The van der Waals surface area contributed by atoms with Crippen LogP contribution in [0.3, 0.4) is 0 Å². The number of aromatic nitrogens is 4. The van der Waals surface area contributed by atoms with Crippen molar-refractivity contribution in [3.8, 4) is 28.8 Å². The zero-order valence-electron chi connectivity index (χ0n) is 29.9. The van der Waals surface area contributed by atoms with E-state index in [2.05, 4.69) is 101 Å². The van der Waals surface area contributed by atoms with Crippen molar-refractivity contribution in [3.63, 3.8) is 0 Å². The Morgan fingerprint density at radius 1 is 0.894 bits per heavy atom. The van der Waals surface area contributed by atoms with Crippen LogP contribution in [0, 0.1) is 15.9 Å². The number of aryl methyl sites for hydroxylation is 1. The van der Waals surface area contributed by atoms with Gasteiger partial charge in [0.15, 0.2) is 0 Å². The third-order valence-electron chi connectivity index (χ3n) is 9.22. The third-order valence-corrected chi connectivity index (χ3v) is 10.2. The molecule has 0 amide bonds. The van der Waals surface area contributed by atoms with E-state index in [4.69, 9.17) is 18.6 Å². The molecule has 47 heavy (non-hydrogen) atoms. The topological polar surface area (TPSA) is 46.1 Å². The molecule has 1 aliphatic rings. The van der Waals surface area contributed by atoms with Gasteiger partial charge in [-0.1, -0.05) is 34.6 Å². The van der Waals surface area contributed by atoms with Crippen LogP contribution in [-0.4, -0.2) is 25.3 Å². The Morgan fingerprint density at radius 2 is 1.70 bits per heavy atom. The van der Waals surface area contributed by atoms with Gasteiger partial charge in [-0.3, -0.25) is 0 Å². The Hall–Kier alpha value is -4.41. The molecule has 0 spiro atoms. The molecule has 7 aromatic rings. The Morgan fingerprint density at radius 3 is 2.51 bits per heavy atom. The summed E-state index contributed by atoms with van der Waals surface area (Å²) in [6.45, 7) is 9.49. The SMILES string of the molecule is [2H]C([2H])([2H])n1[c](=[Pt])n(-c2[c-]c(Oc3[c-]c4c(cc3)c3cc5c(cc3n4-c3cc(C(C)(C)C)ccn3)OCCC5(C)C)ccc2)c2ccccc21. The van der Waals surface area contributed by atoms with Crippen LogP contribution >= 0.6 is 0 Å². The number of hydrogen-bond acceptors (Lipinski definition) is 3. The van der Waals surface area contributed by atoms with E-state index in [9.17, 15) is 0 Å². The summed E-state index contributed by atoms with van der Waals surface area (Å²) >= 11 is 2.07. The number of ether oxygens (including phenoxy) is 2. The molecule has 0 N–H and O–H groups in total. The zero-order valence-corrected chi connectivity index (χ0v) is 29.2. The van der Waals surface area contributed by atoms with Gasteiger partial charge in [-0.05, 0) is 34.4 Å². The van der Waals surface area contributed by atoms with Crippen LogP contribution in [0.1, 0.15) is 56.3 Å². The van der Waals surface area contributed by atoms with Crippen molar-refractivity contribution in [2.45, 2.75) is 51.9 Å². The van der Waals surface area contributed by atoms with Gasteiger partial charge in [0.05, 0.1) is 6.61 Å². The van der Waals surface area contributed by atoms with Crippen molar-refractivity contribution >= 4 is 32.8 Å². The number of nitrogens with zero attached hydrogens (tertiary/aromatic N) is 4. The molecular weight excluding hydrogens is 764 g/mol. The molecule has 0 unspecified atom stereocenters. The van der Waals surface area contributed by atoms with E-state index in [1.165, 1.54) is 15.7 Å². The van der Waals surface area contributed by atoms with Crippen molar-refractivity contribution in [1.29, 1.82) is 0 Å². The molecule has 0 atom stereocenters. The van der Waals surface area contributed by atoms with Gasteiger partial charge in [0, 0.05) is 6.20 Å². The van der Waals surface area contributed by atoms with Gasteiger partial charge in [-0.15, -0.1) is 0 Å². The van der Waals surface area contributed by atoms with E-state index >= 15 is 0 Å². The number of pyridine rings is 1. The molecule has 0 saturated carbocycles. The summed E-state index contributed by atoms with van der Waals surface area (Å²) in [5, 5.41) is 2.15. The fourth-order valence-electron chi connectivity index (χ4n) is 6.54. The van der Waals surface area contributed by atoms with Gasteiger partial charge < -0.3 is 4.74 Å². The minimum atomic E-state index is -2.35. The second-order valence-corrected chi connectivity index (χ2v) is 14.8. The molecule has 0 saturated heterocycles. The number of hydrogen-bond donors (Lipinski definition) is 0. The average Bonchev–Trinajstić information content (AvgIpc) is 3.54. The first kappa shape index (κ1) is 26.6. The quantitative estimate of drug-likeness (QED) is 0.167. The first-order chi connectivity index (χ1) is 23.7. The molecule has 8 rings (SSSR count). The van der Waals surface area contributed by atoms with E-state index < -0.39 is 6.98 Å². The molecule has 3 aromatic heterocycles.